The lowest BCUT2D eigenvalue weighted by Crippen LogP contribution is -2.41. The fourth-order valence-electron chi connectivity index (χ4n) is 3.64. The molecule has 2 N–H and O–H groups in total. The summed E-state index contributed by atoms with van der Waals surface area (Å²) >= 11 is 6.12. The molecule has 3 unspecified atom stereocenters. The zero-order valence-corrected chi connectivity index (χ0v) is 13.5. The molecule has 0 saturated heterocycles. The lowest BCUT2D eigenvalue weighted by molar-refractivity contribution is 0.126. The third-order valence-electron chi connectivity index (χ3n) is 4.25. The summed E-state index contributed by atoms with van der Waals surface area (Å²) in [5, 5.41) is 14.4. The molecule has 0 amide bonds. The Labute approximate surface area is 127 Å². The Morgan fingerprint density at radius 2 is 2.05 bits per heavy atom. The van der Waals surface area contributed by atoms with Crippen molar-refractivity contribution in [2.75, 3.05) is 6.54 Å². The van der Waals surface area contributed by atoms with Crippen LogP contribution in [0.3, 0.4) is 0 Å². The third-order valence-corrected chi connectivity index (χ3v) is 4.60. The van der Waals surface area contributed by atoms with Gasteiger partial charge in [0.25, 0.3) is 0 Å². The van der Waals surface area contributed by atoms with Crippen LogP contribution in [0.1, 0.15) is 51.7 Å². The monoisotopic (exact) mass is 295 g/mol. The lowest BCUT2D eigenvalue weighted by atomic mass is 9.70. The average molecular weight is 296 g/mol. The van der Waals surface area contributed by atoms with Gasteiger partial charge in [0, 0.05) is 23.2 Å². The van der Waals surface area contributed by atoms with Gasteiger partial charge in [0.05, 0.1) is 6.10 Å². The molecule has 112 valence electrons. The van der Waals surface area contributed by atoms with Crippen LogP contribution in [0.25, 0.3) is 0 Å². The van der Waals surface area contributed by atoms with Gasteiger partial charge in [-0.25, -0.2) is 0 Å². The van der Waals surface area contributed by atoms with Crippen molar-refractivity contribution in [3.05, 3.63) is 34.9 Å². The number of aliphatic hydroxyl groups is 1. The molecular weight excluding hydrogens is 270 g/mol. The molecular formula is C17H26ClNO. The molecule has 0 aliphatic heterocycles. The smallest absolute Gasteiger partial charge is 0.0928 e. The number of nitrogens with one attached hydrogen (secondary N) is 1. The van der Waals surface area contributed by atoms with Crippen LogP contribution in [0.15, 0.2) is 24.3 Å². The molecule has 0 radical (unpaired) electrons. The Morgan fingerprint density at radius 1 is 1.35 bits per heavy atom. The Bertz CT molecular complexity index is 446. The fraction of sp³-hybridized carbons (Fsp3) is 0.647. The molecule has 0 aromatic heterocycles. The summed E-state index contributed by atoms with van der Waals surface area (Å²) in [4.78, 5) is 0. The first-order valence-corrected chi connectivity index (χ1v) is 7.91. The Hall–Kier alpha value is -0.570. The van der Waals surface area contributed by atoms with E-state index in [-0.39, 0.29) is 0 Å². The first-order valence-electron chi connectivity index (χ1n) is 7.53. The molecule has 2 nitrogen and oxygen atoms in total. The lowest BCUT2D eigenvalue weighted by Gasteiger charge is -2.39. The van der Waals surface area contributed by atoms with Gasteiger partial charge >= 0.3 is 0 Å². The van der Waals surface area contributed by atoms with Crippen LogP contribution >= 0.6 is 11.6 Å². The van der Waals surface area contributed by atoms with Gasteiger partial charge < -0.3 is 10.4 Å². The summed E-state index contributed by atoms with van der Waals surface area (Å²) in [5.74, 6) is 0.744. The molecule has 3 heteroatoms. The highest BCUT2D eigenvalue weighted by atomic mass is 35.5. The van der Waals surface area contributed by atoms with Crippen molar-refractivity contribution in [2.45, 2.75) is 52.2 Å². The first-order chi connectivity index (χ1) is 9.37. The number of aliphatic hydroxyl groups excluding tert-OH is 1. The number of rotatable bonds is 4. The molecule has 20 heavy (non-hydrogen) atoms. The Kier molecular flexibility index (Phi) is 5.11. The van der Waals surface area contributed by atoms with Crippen LogP contribution in [0, 0.1) is 11.3 Å². The Morgan fingerprint density at radius 3 is 2.70 bits per heavy atom. The van der Waals surface area contributed by atoms with E-state index in [1.807, 2.05) is 24.3 Å². The van der Waals surface area contributed by atoms with Crippen molar-refractivity contribution in [3.63, 3.8) is 0 Å². The average Bonchev–Trinajstić information content (AvgIpc) is 2.34. The number of hydrogen-bond acceptors (Lipinski definition) is 2. The van der Waals surface area contributed by atoms with E-state index in [1.54, 1.807) is 0 Å². The molecule has 1 aliphatic rings. The molecule has 0 spiro atoms. The SMILES string of the molecule is CC1CC(NCC(O)c2ccccc2Cl)CC(C)(C)C1. The highest BCUT2D eigenvalue weighted by Crippen LogP contribution is 2.38. The highest BCUT2D eigenvalue weighted by molar-refractivity contribution is 6.31. The van der Waals surface area contributed by atoms with Gasteiger partial charge in [0.15, 0.2) is 0 Å². The van der Waals surface area contributed by atoms with Crippen LogP contribution in [0.2, 0.25) is 5.02 Å². The topological polar surface area (TPSA) is 32.3 Å². The molecule has 1 aromatic rings. The molecule has 1 fully saturated rings. The summed E-state index contributed by atoms with van der Waals surface area (Å²) in [6.07, 6.45) is 3.12. The van der Waals surface area contributed by atoms with E-state index in [4.69, 9.17) is 11.6 Å². The van der Waals surface area contributed by atoms with E-state index in [1.165, 1.54) is 19.3 Å². The van der Waals surface area contributed by atoms with Crippen LogP contribution in [-0.4, -0.2) is 17.7 Å². The van der Waals surface area contributed by atoms with E-state index in [0.717, 1.165) is 11.5 Å². The van der Waals surface area contributed by atoms with Crippen LogP contribution < -0.4 is 5.32 Å². The van der Waals surface area contributed by atoms with Gasteiger partial charge in [0.1, 0.15) is 0 Å². The number of halogens is 1. The van der Waals surface area contributed by atoms with Crippen LogP contribution in [-0.2, 0) is 0 Å². The van der Waals surface area contributed by atoms with Crippen molar-refractivity contribution in [1.82, 2.24) is 5.32 Å². The minimum Gasteiger partial charge on any atom is -0.387 e. The minimum absolute atomic E-state index is 0.394. The predicted molar refractivity (Wildman–Crippen MR) is 85.0 cm³/mol. The summed E-state index contributed by atoms with van der Waals surface area (Å²) in [7, 11) is 0. The second-order valence-corrected chi connectivity index (χ2v) is 7.46. The molecule has 2 rings (SSSR count). The van der Waals surface area contributed by atoms with E-state index in [2.05, 4.69) is 26.1 Å². The third kappa shape index (κ3) is 4.21. The fourth-order valence-corrected chi connectivity index (χ4v) is 3.90. The largest absolute Gasteiger partial charge is 0.387 e. The maximum absolute atomic E-state index is 10.3. The molecule has 1 aromatic carbocycles. The summed E-state index contributed by atoms with van der Waals surface area (Å²) < 4.78 is 0. The molecule has 0 bridgehead atoms. The quantitative estimate of drug-likeness (QED) is 0.873. The van der Waals surface area contributed by atoms with Gasteiger partial charge in [-0.2, -0.15) is 0 Å². The number of benzene rings is 1. The predicted octanol–water partition coefficient (Wildman–Crippen LogP) is 4.18. The van der Waals surface area contributed by atoms with E-state index in [0.29, 0.717) is 23.0 Å². The van der Waals surface area contributed by atoms with E-state index >= 15 is 0 Å². The minimum atomic E-state index is -0.538. The van der Waals surface area contributed by atoms with Gasteiger partial charge in [-0.05, 0) is 36.7 Å². The maximum Gasteiger partial charge on any atom is 0.0928 e. The molecule has 0 heterocycles. The Balaban J connectivity index is 1.90. The van der Waals surface area contributed by atoms with Crippen LogP contribution in [0.5, 0.6) is 0 Å². The van der Waals surface area contributed by atoms with Gasteiger partial charge in [-0.15, -0.1) is 0 Å². The first kappa shape index (κ1) is 15.8. The second kappa shape index (κ2) is 6.46. The normalized spacial score (nSPS) is 27.2. The molecule has 3 atom stereocenters. The molecule has 1 aliphatic carbocycles. The zero-order valence-electron chi connectivity index (χ0n) is 12.7. The van der Waals surface area contributed by atoms with Crippen molar-refractivity contribution < 1.29 is 5.11 Å². The van der Waals surface area contributed by atoms with Gasteiger partial charge in [-0.1, -0.05) is 50.6 Å². The van der Waals surface area contributed by atoms with Gasteiger partial charge in [0.2, 0.25) is 0 Å². The zero-order chi connectivity index (χ0) is 14.8. The second-order valence-electron chi connectivity index (χ2n) is 7.06. The summed E-state index contributed by atoms with van der Waals surface area (Å²) in [5.41, 5.74) is 1.20. The molecule has 1 saturated carbocycles. The van der Waals surface area contributed by atoms with E-state index < -0.39 is 6.10 Å². The number of hydrogen-bond donors (Lipinski definition) is 2. The van der Waals surface area contributed by atoms with Crippen LogP contribution in [0.4, 0.5) is 0 Å². The van der Waals surface area contributed by atoms with E-state index in [9.17, 15) is 5.11 Å². The summed E-state index contributed by atoms with van der Waals surface area (Å²) in [6, 6.07) is 8.01. The van der Waals surface area contributed by atoms with Crippen molar-refractivity contribution >= 4 is 11.6 Å². The highest BCUT2D eigenvalue weighted by Gasteiger charge is 2.31. The van der Waals surface area contributed by atoms with Crippen molar-refractivity contribution in [1.29, 1.82) is 0 Å². The standard InChI is InChI=1S/C17H26ClNO/c1-12-8-13(10-17(2,3)9-12)19-11-16(20)14-6-4-5-7-15(14)18/h4-7,12-13,16,19-20H,8-11H2,1-3H3. The van der Waals surface area contributed by atoms with Crippen molar-refractivity contribution in [2.24, 2.45) is 11.3 Å². The van der Waals surface area contributed by atoms with Crippen molar-refractivity contribution in [3.8, 4) is 0 Å². The maximum atomic E-state index is 10.3. The van der Waals surface area contributed by atoms with Gasteiger partial charge in [-0.3, -0.25) is 0 Å². The summed E-state index contributed by atoms with van der Waals surface area (Å²) in [6.45, 7) is 7.56.